The Morgan fingerprint density at radius 3 is 2.65 bits per heavy atom. The summed E-state index contributed by atoms with van der Waals surface area (Å²) < 4.78 is 18.4. The molecule has 0 saturated heterocycles. The SMILES string of the molecule is CCNC(=O)COc1ccc(C(C)=O)c(F)c1. The van der Waals surface area contributed by atoms with Gasteiger partial charge in [-0.1, -0.05) is 0 Å². The summed E-state index contributed by atoms with van der Waals surface area (Å²) in [6.07, 6.45) is 0. The summed E-state index contributed by atoms with van der Waals surface area (Å²) in [6, 6.07) is 3.89. The smallest absolute Gasteiger partial charge is 0.257 e. The number of benzene rings is 1. The molecule has 4 nitrogen and oxygen atoms in total. The quantitative estimate of drug-likeness (QED) is 0.793. The zero-order valence-electron chi connectivity index (χ0n) is 9.75. The molecule has 1 amide bonds. The van der Waals surface area contributed by atoms with Gasteiger partial charge in [0.15, 0.2) is 12.4 Å². The Morgan fingerprint density at radius 1 is 1.41 bits per heavy atom. The molecule has 0 aliphatic rings. The first-order chi connectivity index (χ1) is 8.04. The predicted molar refractivity (Wildman–Crippen MR) is 60.6 cm³/mol. The minimum Gasteiger partial charge on any atom is -0.484 e. The van der Waals surface area contributed by atoms with Crippen LogP contribution in [0.25, 0.3) is 0 Å². The zero-order chi connectivity index (χ0) is 12.8. The largest absolute Gasteiger partial charge is 0.484 e. The number of carbonyl (C=O) groups excluding carboxylic acids is 2. The van der Waals surface area contributed by atoms with E-state index in [0.29, 0.717) is 6.54 Å². The van der Waals surface area contributed by atoms with E-state index in [1.807, 2.05) is 0 Å². The van der Waals surface area contributed by atoms with E-state index in [2.05, 4.69) is 5.32 Å². The highest BCUT2D eigenvalue weighted by molar-refractivity contribution is 5.94. The van der Waals surface area contributed by atoms with E-state index in [4.69, 9.17) is 4.74 Å². The highest BCUT2D eigenvalue weighted by Gasteiger charge is 2.09. The number of hydrogen-bond acceptors (Lipinski definition) is 3. The van der Waals surface area contributed by atoms with E-state index in [-0.39, 0.29) is 29.6 Å². The van der Waals surface area contributed by atoms with Gasteiger partial charge in [0.1, 0.15) is 11.6 Å². The third kappa shape index (κ3) is 3.86. The minimum atomic E-state index is -0.647. The van der Waals surface area contributed by atoms with Crippen molar-refractivity contribution in [3.8, 4) is 5.75 Å². The van der Waals surface area contributed by atoms with Crippen molar-refractivity contribution in [1.82, 2.24) is 5.32 Å². The molecule has 0 bridgehead atoms. The molecule has 0 atom stereocenters. The summed E-state index contributed by atoms with van der Waals surface area (Å²) >= 11 is 0. The van der Waals surface area contributed by atoms with Crippen molar-refractivity contribution in [3.63, 3.8) is 0 Å². The Kier molecular flexibility index (Phi) is 4.63. The van der Waals surface area contributed by atoms with E-state index < -0.39 is 5.82 Å². The molecular formula is C12H14FNO3. The number of hydrogen-bond donors (Lipinski definition) is 1. The van der Waals surface area contributed by atoms with Crippen LogP contribution in [0, 0.1) is 5.82 Å². The van der Waals surface area contributed by atoms with Crippen LogP contribution < -0.4 is 10.1 Å². The maximum absolute atomic E-state index is 13.4. The molecule has 0 aliphatic heterocycles. The standard InChI is InChI=1S/C12H14FNO3/c1-3-14-12(16)7-17-9-4-5-10(8(2)15)11(13)6-9/h4-6H,3,7H2,1-2H3,(H,14,16). The van der Waals surface area contributed by atoms with Crippen molar-refractivity contribution in [3.05, 3.63) is 29.6 Å². The lowest BCUT2D eigenvalue weighted by Crippen LogP contribution is -2.28. The highest BCUT2D eigenvalue weighted by atomic mass is 19.1. The number of amides is 1. The number of ketones is 1. The molecule has 0 radical (unpaired) electrons. The third-order valence-corrected chi connectivity index (χ3v) is 2.06. The Morgan fingerprint density at radius 2 is 2.12 bits per heavy atom. The van der Waals surface area contributed by atoms with Crippen molar-refractivity contribution in [2.75, 3.05) is 13.2 Å². The lowest BCUT2D eigenvalue weighted by Gasteiger charge is -2.07. The summed E-state index contributed by atoms with van der Waals surface area (Å²) in [5, 5.41) is 2.55. The van der Waals surface area contributed by atoms with Gasteiger partial charge < -0.3 is 10.1 Å². The van der Waals surface area contributed by atoms with Gasteiger partial charge >= 0.3 is 0 Å². The minimum absolute atomic E-state index is 0.00959. The van der Waals surface area contributed by atoms with Crippen LogP contribution in [0.4, 0.5) is 4.39 Å². The second-order valence-electron chi connectivity index (χ2n) is 3.44. The number of likely N-dealkylation sites (N-methyl/N-ethyl adjacent to an activating group) is 1. The maximum Gasteiger partial charge on any atom is 0.257 e. The summed E-state index contributed by atoms with van der Waals surface area (Å²) in [4.78, 5) is 22.1. The molecule has 0 saturated carbocycles. The Labute approximate surface area is 98.8 Å². The van der Waals surface area contributed by atoms with Crippen LogP contribution >= 0.6 is 0 Å². The number of ether oxygens (including phenoxy) is 1. The summed E-state index contributed by atoms with van der Waals surface area (Å²) in [6.45, 7) is 3.42. The molecular weight excluding hydrogens is 225 g/mol. The van der Waals surface area contributed by atoms with Crippen LogP contribution in [0.3, 0.4) is 0 Å². The van der Waals surface area contributed by atoms with E-state index in [9.17, 15) is 14.0 Å². The highest BCUT2D eigenvalue weighted by Crippen LogP contribution is 2.16. The monoisotopic (exact) mass is 239 g/mol. The van der Waals surface area contributed by atoms with Crippen LogP contribution in [0.5, 0.6) is 5.75 Å². The molecule has 5 heteroatoms. The van der Waals surface area contributed by atoms with E-state index in [1.165, 1.54) is 19.1 Å². The zero-order valence-corrected chi connectivity index (χ0v) is 9.75. The molecule has 1 N–H and O–H groups in total. The van der Waals surface area contributed by atoms with Crippen LogP contribution in [0.1, 0.15) is 24.2 Å². The summed E-state index contributed by atoms with van der Waals surface area (Å²) in [5.41, 5.74) is 0.00959. The van der Waals surface area contributed by atoms with Gasteiger partial charge in [-0.25, -0.2) is 4.39 Å². The molecule has 0 aromatic heterocycles. The van der Waals surface area contributed by atoms with Gasteiger partial charge in [0.05, 0.1) is 5.56 Å². The van der Waals surface area contributed by atoms with Gasteiger partial charge in [-0.05, 0) is 26.0 Å². The molecule has 92 valence electrons. The molecule has 0 spiro atoms. The van der Waals surface area contributed by atoms with Gasteiger partial charge in [0.25, 0.3) is 5.91 Å². The van der Waals surface area contributed by atoms with Gasteiger partial charge in [0, 0.05) is 12.6 Å². The lowest BCUT2D eigenvalue weighted by molar-refractivity contribution is -0.122. The fourth-order valence-corrected chi connectivity index (χ4v) is 1.27. The second kappa shape index (κ2) is 5.98. The molecule has 0 unspecified atom stereocenters. The van der Waals surface area contributed by atoms with E-state index in [1.54, 1.807) is 6.92 Å². The van der Waals surface area contributed by atoms with Crippen LogP contribution in [-0.2, 0) is 4.79 Å². The average molecular weight is 239 g/mol. The fourth-order valence-electron chi connectivity index (χ4n) is 1.27. The Hall–Kier alpha value is -1.91. The Balaban J connectivity index is 2.65. The average Bonchev–Trinajstić information content (AvgIpc) is 2.26. The predicted octanol–water partition coefficient (Wildman–Crippen LogP) is 1.54. The maximum atomic E-state index is 13.4. The van der Waals surface area contributed by atoms with Gasteiger partial charge in [-0.2, -0.15) is 0 Å². The first kappa shape index (κ1) is 13.2. The van der Waals surface area contributed by atoms with Crippen molar-refractivity contribution < 1.29 is 18.7 Å². The van der Waals surface area contributed by atoms with Gasteiger partial charge in [-0.3, -0.25) is 9.59 Å². The number of rotatable bonds is 5. The van der Waals surface area contributed by atoms with Crippen LogP contribution in [0.15, 0.2) is 18.2 Å². The van der Waals surface area contributed by atoms with E-state index >= 15 is 0 Å². The first-order valence-corrected chi connectivity index (χ1v) is 5.24. The van der Waals surface area contributed by atoms with Gasteiger partial charge in [0.2, 0.25) is 0 Å². The van der Waals surface area contributed by atoms with Crippen molar-refractivity contribution in [2.24, 2.45) is 0 Å². The molecule has 0 heterocycles. The molecule has 1 aromatic carbocycles. The number of carbonyl (C=O) groups is 2. The van der Waals surface area contributed by atoms with Crippen LogP contribution in [0.2, 0.25) is 0 Å². The first-order valence-electron chi connectivity index (χ1n) is 5.24. The molecule has 1 rings (SSSR count). The van der Waals surface area contributed by atoms with Crippen LogP contribution in [-0.4, -0.2) is 24.8 Å². The van der Waals surface area contributed by atoms with E-state index in [0.717, 1.165) is 6.07 Å². The summed E-state index contributed by atoms with van der Waals surface area (Å²) in [5.74, 6) is -1.05. The Bertz CT molecular complexity index is 432. The van der Waals surface area contributed by atoms with Gasteiger partial charge in [-0.15, -0.1) is 0 Å². The van der Waals surface area contributed by atoms with Crippen molar-refractivity contribution in [2.45, 2.75) is 13.8 Å². The van der Waals surface area contributed by atoms with Crippen molar-refractivity contribution in [1.29, 1.82) is 0 Å². The number of Topliss-reactive ketones (excluding diaryl/α,β-unsaturated/α-hetero) is 1. The normalized spacial score (nSPS) is 9.82. The summed E-state index contributed by atoms with van der Waals surface area (Å²) in [7, 11) is 0. The number of halogens is 1. The van der Waals surface area contributed by atoms with Crippen molar-refractivity contribution >= 4 is 11.7 Å². The lowest BCUT2D eigenvalue weighted by atomic mass is 10.1. The molecule has 0 fully saturated rings. The number of nitrogens with one attached hydrogen (secondary N) is 1. The molecule has 17 heavy (non-hydrogen) atoms. The second-order valence-corrected chi connectivity index (χ2v) is 3.44. The molecule has 1 aromatic rings. The third-order valence-electron chi connectivity index (χ3n) is 2.06. The fraction of sp³-hybridized carbons (Fsp3) is 0.333. The topological polar surface area (TPSA) is 55.4 Å². The molecule has 0 aliphatic carbocycles.